The molecular weight excluding hydrogens is 616 g/mol. The van der Waals surface area contributed by atoms with Gasteiger partial charge in [0.1, 0.15) is 59.6 Å². The van der Waals surface area contributed by atoms with Crippen LogP contribution in [0.15, 0.2) is 34.7 Å². The van der Waals surface area contributed by atoms with Gasteiger partial charge in [-0.15, -0.1) is 0 Å². The number of hydrogen-bond donors (Lipinski definition) is 11. The molecule has 2 saturated heterocycles. The highest BCUT2D eigenvalue weighted by molar-refractivity contribution is 5.88. The first kappa shape index (κ1) is 33.5. The fourth-order valence-corrected chi connectivity index (χ4v) is 4.83. The Balaban J connectivity index is 0.00000442. The van der Waals surface area contributed by atoms with E-state index in [0.717, 1.165) is 24.3 Å². The van der Waals surface area contributed by atoms with E-state index in [1.165, 1.54) is 13.0 Å². The zero-order valence-electron chi connectivity index (χ0n) is 22.7. The molecular formula is C27H31ClO16. The summed E-state index contributed by atoms with van der Waals surface area (Å²) in [6, 6.07) is 5.39. The number of halogens is 1. The second-order valence-electron chi connectivity index (χ2n) is 10.3. The summed E-state index contributed by atoms with van der Waals surface area (Å²) in [7, 11) is 0. The number of fused-ring (bicyclic) bond motifs is 1. The van der Waals surface area contributed by atoms with Crippen LogP contribution in [0, 0.1) is 0 Å². The first-order valence-corrected chi connectivity index (χ1v) is 13.0. The Morgan fingerprint density at radius 2 is 1.32 bits per heavy atom. The monoisotopic (exact) mass is 646 g/mol. The summed E-state index contributed by atoms with van der Waals surface area (Å²) in [5.74, 6) is -3.64. The molecule has 3 aromatic rings. The molecule has 5 rings (SSSR count). The first-order chi connectivity index (χ1) is 20.3. The first-order valence-electron chi connectivity index (χ1n) is 13.0. The van der Waals surface area contributed by atoms with E-state index >= 15 is 0 Å². The molecule has 16 nitrogen and oxygen atoms in total. The van der Waals surface area contributed by atoms with E-state index in [0.29, 0.717) is 0 Å². The SMILES string of the molecule is C[C@H]1O[C@H](OC[C@@H]2O[C@H](Oc3cc4c(O)cc(O)cc4[o+]c3-c3cc(O)c(O)c(O)c3)[C@@H](O)[C@H](O)[C@H]2O)[C@@H](O)[C@@H](O)[C@@H]1O.[Cl-]. The third kappa shape index (κ3) is 6.22. The van der Waals surface area contributed by atoms with E-state index in [2.05, 4.69) is 0 Å². The maximum atomic E-state index is 10.7. The van der Waals surface area contributed by atoms with Crippen LogP contribution >= 0.6 is 0 Å². The fraction of sp³-hybridized carbons (Fsp3) is 0.444. The van der Waals surface area contributed by atoms with Gasteiger partial charge in [-0.2, -0.15) is 0 Å². The molecule has 44 heavy (non-hydrogen) atoms. The summed E-state index contributed by atoms with van der Waals surface area (Å²) >= 11 is 0. The van der Waals surface area contributed by atoms with Crippen molar-refractivity contribution in [3.8, 4) is 45.8 Å². The van der Waals surface area contributed by atoms with Crippen molar-refractivity contribution in [1.82, 2.24) is 0 Å². The lowest BCUT2D eigenvalue weighted by Crippen LogP contribution is -3.00. The Hall–Kier alpha value is -3.42. The molecule has 2 aromatic carbocycles. The van der Waals surface area contributed by atoms with Crippen molar-refractivity contribution < 1.29 is 91.9 Å². The predicted octanol–water partition coefficient (Wildman–Crippen LogP) is -4.06. The van der Waals surface area contributed by atoms with Crippen LogP contribution in [0.3, 0.4) is 0 Å². The number of aliphatic hydroxyl groups excluding tert-OH is 6. The molecule has 0 bridgehead atoms. The van der Waals surface area contributed by atoms with E-state index in [-0.39, 0.29) is 46.2 Å². The minimum Gasteiger partial charge on any atom is -1.00 e. The highest BCUT2D eigenvalue weighted by Gasteiger charge is 2.48. The molecule has 242 valence electrons. The number of hydrogen-bond acceptors (Lipinski definition) is 15. The number of ether oxygens (including phenoxy) is 4. The van der Waals surface area contributed by atoms with E-state index in [1.54, 1.807) is 0 Å². The number of benzene rings is 2. The fourth-order valence-electron chi connectivity index (χ4n) is 4.83. The van der Waals surface area contributed by atoms with Gasteiger partial charge in [0.25, 0.3) is 0 Å². The predicted molar refractivity (Wildman–Crippen MR) is 140 cm³/mol. The number of aromatic hydroxyl groups is 5. The summed E-state index contributed by atoms with van der Waals surface area (Å²) in [5, 5.41) is 112. The van der Waals surface area contributed by atoms with Gasteiger partial charge < -0.3 is 87.5 Å². The van der Waals surface area contributed by atoms with Crippen LogP contribution in [-0.4, -0.2) is 124 Å². The Morgan fingerprint density at radius 3 is 1.98 bits per heavy atom. The smallest absolute Gasteiger partial charge is 0.402 e. The largest absolute Gasteiger partial charge is 1.00 e. The third-order valence-electron chi connectivity index (χ3n) is 7.29. The zero-order valence-corrected chi connectivity index (χ0v) is 23.5. The number of aliphatic hydroxyl groups is 6. The van der Waals surface area contributed by atoms with Crippen molar-refractivity contribution in [1.29, 1.82) is 0 Å². The molecule has 0 aliphatic carbocycles. The molecule has 0 radical (unpaired) electrons. The topological polar surface area (TPSA) is 271 Å². The van der Waals surface area contributed by atoms with Crippen molar-refractivity contribution >= 4 is 11.0 Å². The molecule has 0 amide bonds. The minimum absolute atomic E-state index is 0. The standard InChI is InChI=1S/C27H30O16.ClH/c1-8-18(32)21(35)23(37)26(40-8)39-7-17-20(34)22(36)24(38)27(43-17)42-16-6-11-12(29)4-10(28)5-15(11)41-25(16)9-2-13(30)19(33)14(31)3-9;/h2-6,8,17-18,20-24,26-27,32,34-38H,7H2,1H3,(H4-,28,29,30,31,33);1H/t8-,17+,18-,20+,21+,22-,23+,24+,26+,27+;/m1./s1. The Bertz CT molecular complexity index is 1460. The normalized spacial score (nSPS) is 32.2. The molecule has 17 heteroatoms. The number of phenolic OH excluding ortho intramolecular Hbond substituents is 5. The summed E-state index contributed by atoms with van der Waals surface area (Å²) in [4.78, 5) is 0. The van der Waals surface area contributed by atoms with Gasteiger partial charge in [-0.3, -0.25) is 0 Å². The Kier molecular flexibility index (Phi) is 9.81. The lowest BCUT2D eigenvalue weighted by atomic mass is 9.98. The van der Waals surface area contributed by atoms with Crippen LogP contribution in [0.5, 0.6) is 34.5 Å². The highest BCUT2D eigenvalue weighted by Crippen LogP contribution is 2.45. The second-order valence-corrected chi connectivity index (χ2v) is 10.3. The lowest BCUT2D eigenvalue weighted by Gasteiger charge is -2.42. The van der Waals surface area contributed by atoms with Gasteiger partial charge in [0.2, 0.25) is 12.0 Å². The van der Waals surface area contributed by atoms with Gasteiger partial charge in [0.05, 0.1) is 24.3 Å². The average Bonchev–Trinajstić information content (AvgIpc) is 2.96. The molecule has 10 atom stereocenters. The van der Waals surface area contributed by atoms with Gasteiger partial charge in [0, 0.05) is 24.3 Å². The minimum atomic E-state index is -1.88. The van der Waals surface area contributed by atoms with Gasteiger partial charge in [-0.1, -0.05) is 0 Å². The van der Waals surface area contributed by atoms with E-state index < -0.39 is 91.0 Å². The third-order valence-corrected chi connectivity index (χ3v) is 7.29. The average molecular weight is 647 g/mol. The zero-order chi connectivity index (χ0) is 31.3. The van der Waals surface area contributed by atoms with Gasteiger partial charge in [0.15, 0.2) is 23.5 Å². The van der Waals surface area contributed by atoms with Gasteiger partial charge in [-0.05, 0) is 6.92 Å². The van der Waals surface area contributed by atoms with Crippen LogP contribution in [0.25, 0.3) is 22.3 Å². The van der Waals surface area contributed by atoms with Crippen LogP contribution < -0.4 is 17.1 Å². The van der Waals surface area contributed by atoms with Crippen LogP contribution in [0.1, 0.15) is 6.92 Å². The summed E-state index contributed by atoms with van der Waals surface area (Å²) in [6.07, 6.45) is -15.6. The molecule has 2 aliphatic rings. The Labute approximate surface area is 254 Å². The van der Waals surface area contributed by atoms with Crippen LogP contribution in [0.4, 0.5) is 0 Å². The molecule has 0 unspecified atom stereocenters. The van der Waals surface area contributed by atoms with E-state index in [4.69, 9.17) is 23.4 Å². The molecule has 2 fully saturated rings. The van der Waals surface area contributed by atoms with Crippen molar-refractivity contribution in [2.45, 2.75) is 68.3 Å². The summed E-state index contributed by atoms with van der Waals surface area (Å²) < 4.78 is 28.1. The molecule has 11 N–H and O–H groups in total. The summed E-state index contributed by atoms with van der Waals surface area (Å²) in [6.45, 7) is 0.877. The van der Waals surface area contributed by atoms with Gasteiger partial charge >= 0.3 is 11.3 Å². The molecule has 0 saturated carbocycles. The molecule has 3 heterocycles. The van der Waals surface area contributed by atoms with Crippen molar-refractivity contribution in [3.05, 3.63) is 30.3 Å². The maximum Gasteiger partial charge on any atom is 0.402 e. The molecule has 1 aromatic heterocycles. The van der Waals surface area contributed by atoms with Crippen molar-refractivity contribution in [2.24, 2.45) is 0 Å². The number of rotatable bonds is 6. The summed E-state index contributed by atoms with van der Waals surface area (Å²) in [5.41, 5.74) is -0.150. The molecule has 2 aliphatic heterocycles. The van der Waals surface area contributed by atoms with E-state index in [1.807, 2.05) is 0 Å². The van der Waals surface area contributed by atoms with Crippen LogP contribution in [-0.2, 0) is 14.2 Å². The van der Waals surface area contributed by atoms with Gasteiger partial charge in [-0.25, -0.2) is 4.42 Å². The maximum absolute atomic E-state index is 10.7. The number of phenols is 5. The highest BCUT2D eigenvalue weighted by atomic mass is 35.5. The molecule has 0 spiro atoms. The van der Waals surface area contributed by atoms with Crippen molar-refractivity contribution in [2.75, 3.05) is 6.61 Å². The van der Waals surface area contributed by atoms with Crippen molar-refractivity contribution in [3.63, 3.8) is 0 Å². The lowest BCUT2D eigenvalue weighted by molar-refractivity contribution is -0.318. The van der Waals surface area contributed by atoms with E-state index in [9.17, 15) is 56.2 Å². The quantitative estimate of drug-likeness (QED) is 0.0898. The Morgan fingerprint density at radius 1 is 0.705 bits per heavy atom. The van der Waals surface area contributed by atoms with Crippen LogP contribution in [0.2, 0.25) is 0 Å². The second kappa shape index (κ2) is 12.9.